The molecule has 1 saturated heterocycles. The highest BCUT2D eigenvalue weighted by Crippen LogP contribution is 2.46. The summed E-state index contributed by atoms with van der Waals surface area (Å²) < 4.78 is 0. The summed E-state index contributed by atoms with van der Waals surface area (Å²) in [6.45, 7) is 7.76. The van der Waals surface area contributed by atoms with E-state index in [0.717, 1.165) is 16.7 Å². The number of primary amides is 1. The van der Waals surface area contributed by atoms with E-state index in [-0.39, 0.29) is 11.9 Å². The highest BCUT2D eigenvalue weighted by atomic mass is 32.1. The second-order valence-corrected chi connectivity index (χ2v) is 8.10. The monoisotopic (exact) mass is 337 g/mol. The van der Waals surface area contributed by atoms with Gasteiger partial charge in [0, 0.05) is 19.0 Å². The van der Waals surface area contributed by atoms with Crippen LogP contribution < -0.4 is 16.0 Å². The summed E-state index contributed by atoms with van der Waals surface area (Å²) in [4.78, 5) is 26.2. The molecule has 0 radical (unpaired) electrons. The van der Waals surface area contributed by atoms with Crippen molar-refractivity contribution in [1.82, 2.24) is 15.5 Å². The Labute approximate surface area is 139 Å². The fraction of sp³-hybridized carbons (Fsp3) is 0.733. The van der Waals surface area contributed by atoms with Gasteiger partial charge in [0.2, 0.25) is 16.9 Å². The number of rotatable bonds is 5. The predicted molar refractivity (Wildman–Crippen MR) is 88.0 cm³/mol. The van der Waals surface area contributed by atoms with Crippen LogP contribution in [0.3, 0.4) is 0 Å². The number of carbonyl (C=O) groups excluding carboxylic acids is 2. The predicted octanol–water partition coefficient (Wildman–Crippen LogP) is 0.689. The SMILES string of the molecule is Cc1nnc(N2C[C@H](NC(=O)C3(C(N)=O)CC3)[C@@H](C(C)C)C2)s1. The molecule has 1 aliphatic heterocycles. The first-order valence-corrected chi connectivity index (χ1v) is 8.81. The van der Waals surface area contributed by atoms with Crippen molar-refractivity contribution < 1.29 is 9.59 Å². The van der Waals surface area contributed by atoms with Crippen LogP contribution in [0.5, 0.6) is 0 Å². The molecular formula is C15H23N5O2S. The fourth-order valence-corrected chi connectivity index (χ4v) is 3.95. The minimum atomic E-state index is -0.964. The van der Waals surface area contributed by atoms with Gasteiger partial charge in [0.15, 0.2) is 0 Å². The molecule has 1 aliphatic carbocycles. The Hall–Kier alpha value is -1.70. The zero-order valence-corrected chi connectivity index (χ0v) is 14.5. The van der Waals surface area contributed by atoms with Crippen LogP contribution in [0.25, 0.3) is 0 Å². The normalized spacial score (nSPS) is 25.7. The van der Waals surface area contributed by atoms with Gasteiger partial charge in [-0.1, -0.05) is 25.2 Å². The highest BCUT2D eigenvalue weighted by Gasteiger charge is 2.56. The molecule has 7 nitrogen and oxygen atoms in total. The van der Waals surface area contributed by atoms with Crippen molar-refractivity contribution in [3.63, 3.8) is 0 Å². The van der Waals surface area contributed by atoms with Gasteiger partial charge in [-0.05, 0) is 25.7 Å². The van der Waals surface area contributed by atoms with Gasteiger partial charge in [-0.2, -0.15) is 0 Å². The molecule has 126 valence electrons. The Balaban J connectivity index is 1.72. The van der Waals surface area contributed by atoms with Gasteiger partial charge in [0.05, 0.1) is 6.04 Å². The lowest BCUT2D eigenvalue weighted by molar-refractivity contribution is -0.135. The van der Waals surface area contributed by atoms with Crippen LogP contribution in [-0.2, 0) is 9.59 Å². The second-order valence-electron chi connectivity index (χ2n) is 6.94. The number of hydrogen-bond acceptors (Lipinski definition) is 6. The van der Waals surface area contributed by atoms with E-state index in [2.05, 4.69) is 34.3 Å². The minimum absolute atomic E-state index is 0.00327. The fourth-order valence-electron chi connectivity index (χ4n) is 3.24. The van der Waals surface area contributed by atoms with Crippen molar-refractivity contribution in [2.24, 2.45) is 23.0 Å². The average Bonchev–Trinajstić information content (AvgIpc) is 3.03. The van der Waals surface area contributed by atoms with E-state index >= 15 is 0 Å². The Morgan fingerprint density at radius 2 is 2.04 bits per heavy atom. The van der Waals surface area contributed by atoms with Crippen molar-refractivity contribution in [3.05, 3.63) is 5.01 Å². The quantitative estimate of drug-likeness (QED) is 0.770. The molecule has 2 atom stereocenters. The molecule has 0 aromatic carbocycles. The van der Waals surface area contributed by atoms with E-state index < -0.39 is 11.3 Å². The van der Waals surface area contributed by atoms with E-state index in [0.29, 0.717) is 31.2 Å². The molecule has 3 N–H and O–H groups in total. The molecule has 2 heterocycles. The zero-order valence-electron chi connectivity index (χ0n) is 13.7. The molecule has 8 heteroatoms. The number of anilines is 1. The van der Waals surface area contributed by atoms with E-state index in [1.807, 2.05) is 6.92 Å². The number of nitrogens with zero attached hydrogens (tertiary/aromatic N) is 3. The molecule has 2 fully saturated rings. The summed E-state index contributed by atoms with van der Waals surface area (Å²) in [6, 6.07) is 0.00327. The van der Waals surface area contributed by atoms with E-state index in [9.17, 15) is 9.59 Å². The lowest BCUT2D eigenvalue weighted by Gasteiger charge is -2.24. The van der Waals surface area contributed by atoms with Crippen molar-refractivity contribution in [2.45, 2.75) is 39.7 Å². The largest absolute Gasteiger partial charge is 0.369 e. The maximum atomic E-state index is 12.5. The molecule has 3 rings (SSSR count). The van der Waals surface area contributed by atoms with Crippen molar-refractivity contribution >= 4 is 28.3 Å². The van der Waals surface area contributed by atoms with Gasteiger partial charge in [-0.3, -0.25) is 9.59 Å². The van der Waals surface area contributed by atoms with Crippen LogP contribution in [0, 0.1) is 24.2 Å². The number of nitrogens with two attached hydrogens (primary N) is 1. The lowest BCUT2D eigenvalue weighted by atomic mass is 9.90. The first-order chi connectivity index (χ1) is 10.8. The van der Waals surface area contributed by atoms with Crippen LogP contribution in [0.2, 0.25) is 0 Å². The zero-order chi connectivity index (χ0) is 16.8. The Morgan fingerprint density at radius 3 is 2.52 bits per heavy atom. The molecule has 23 heavy (non-hydrogen) atoms. The maximum Gasteiger partial charge on any atom is 0.235 e. The highest BCUT2D eigenvalue weighted by molar-refractivity contribution is 7.15. The van der Waals surface area contributed by atoms with Gasteiger partial charge in [0.1, 0.15) is 10.4 Å². The minimum Gasteiger partial charge on any atom is -0.369 e. The number of aryl methyl sites for hydroxylation is 1. The molecule has 1 aromatic rings. The van der Waals surface area contributed by atoms with Crippen molar-refractivity contribution in [2.75, 3.05) is 18.0 Å². The number of nitrogens with one attached hydrogen (secondary N) is 1. The van der Waals surface area contributed by atoms with Crippen molar-refractivity contribution in [3.8, 4) is 0 Å². The molecular weight excluding hydrogens is 314 g/mol. The summed E-state index contributed by atoms with van der Waals surface area (Å²) in [5, 5.41) is 13.2. The second kappa shape index (κ2) is 5.74. The summed E-state index contributed by atoms with van der Waals surface area (Å²) in [5.74, 6) is 0.0107. The van der Waals surface area contributed by atoms with Crippen LogP contribution in [0.4, 0.5) is 5.13 Å². The first kappa shape index (κ1) is 16.2. The van der Waals surface area contributed by atoms with Gasteiger partial charge >= 0.3 is 0 Å². The Kier molecular flexibility index (Phi) is 4.03. The molecule has 1 aromatic heterocycles. The van der Waals surface area contributed by atoms with Gasteiger partial charge in [-0.25, -0.2) is 0 Å². The van der Waals surface area contributed by atoms with Crippen LogP contribution in [0.1, 0.15) is 31.7 Å². The molecule has 0 spiro atoms. The van der Waals surface area contributed by atoms with Crippen LogP contribution in [0.15, 0.2) is 0 Å². The number of aromatic nitrogens is 2. The Bertz CT molecular complexity index is 625. The summed E-state index contributed by atoms with van der Waals surface area (Å²) in [5.41, 5.74) is 4.43. The molecule has 2 amide bonds. The first-order valence-electron chi connectivity index (χ1n) is 7.99. The van der Waals surface area contributed by atoms with E-state index in [4.69, 9.17) is 5.73 Å². The average molecular weight is 337 g/mol. The summed E-state index contributed by atoms with van der Waals surface area (Å²) in [7, 11) is 0. The summed E-state index contributed by atoms with van der Waals surface area (Å²) in [6.07, 6.45) is 1.12. The number of amides is 2. The van der Waals surface area contributed by atoms with Gasteiger partial charge in [-0.15, -0.1) is 10.2 Å². The number of hydrogen-bond donors (Lipinski definition) is 2. The summed E-state index contributed by atoms with van der Waals surface area (Å²) >= 11 is 1.56. The third-order valence-electron chi connectivity index (χ3n) is 4.98. The van der Waals surface area contributed by atoms with E-state index in [1.54, 1.807) is 11.3 Å². The molecule has 0 unspecified atom stereocenters. The van der Waals surface area contributed by atoms with Crippen molar-refractivity contribution in [1.29, 1.82) is 0 Å². The Morgan fingerprint density at radius 1 is 1.35 bits per heavy atom. The number of carbonyl (C=O) groups is 2. The van der Waals surface area contributed by atoms with Gasteiger partial charge in [0.25, 0.3) is 0 Å². The van der Waals surface area contributed by atoms with Gasteiger partial charge < -0.3 is 16.0 Å². The molecule has 2 aliphatic rings. The standard InChI is InChI=1S/C15H23N5O2S/c1-8(2)10-6-20(14-19-18-9(3)23-14)7-11(10)17-13(22)15(4-5-15)12(16)21/h8,10-11H,4-7H2,1-3H3,(H2,16,21)(H,17,22)/t10-,11+/m1/s1. The molecule has 0 bridgehead atoms. The third-order valence-corrected chi connectivity index (χ3v) is 5.88. The molecule has 1 saturated carbocycles. The van der Waals surface area contributed by atoms with Crippen LogP contribution >= 0.6 is 11.3 Å². The van der Waals surface area contributed by atoms with E-state index in [1.165, 1.54) is 0 Å². The topological polar surface area (TPSA) is 101 Å². The maximum absolute atomic E-state index is 12.5. The lowest BCUT2D eigenvalue weighted by Crippen LogP contribution is -2.48. The third kappa shape index (κ3) is 2.91. The smallest absolute Gasteiger partial charge is 0.235 e. The van der Waals surface area contributed by atoms with Crippen LogP contribution in [-0.4, -0.2) is 41.1 Å².